The first kappa shape index (κ1) is 18.8. The molecule has 0 aromatic carbocycles. The van der Waals surface area contributed by atoms with Crippen LogP contribution in [0.25, 0.3) is 6.08 Å². The number of fused-ring (bicyclic) bond motifs is 1. The lowest BCUT2D eigenvalue weighted by Crippen LogP contribution is -2.33. The van der Waals surface area contributed by atoms with Gasteiger partial charge in [-0.25, -0.2) is 4.79 Å². The van der Waals surface area contributed by atoms with Gasteiger partial charge in [-0.05, 0) is 61.0 Å². The summed E-state index contributed by atoms with van der Waals surface area (Å²) in [5.74, 6) is -0.699. The lowest BCUT2D eigenvalue weighted by atomic mass is 9.95. The van der Waals surface area contributed by atoms with E-state index in [0.717, 1.165) is 36.1 Å². The van der Waals surface area contributed by atoms with E-state index in [0.29, 0.717) is 10.6 Å². The average Bonchev–Trinajstić information content (AvgIpc) is 3.26. The van der Waals surface area contributed by atoms with Crippen molar-refractivity contribution >= 4 is 63.0 Å². The number of thiocarbonyl (C=S) groups is 1. The van der Waals surface area contributed by atoms with E-state index in [2.05, 4.69) is 10.6 Å². The lowest BCUT2D eigenvalue weighted by Gasteiger charge is -2.12. The van der Waals surface area contributed by atoms with Crippen LogP contribution in [0.4, 0.5) is 5.00 Å². The summed E-state index contributed by atoms with van der Waals surface area (Å²) in [4.78, 5) is 26.4. The van der Waals surface area contributed by atoms with Crippen molar-refractivity contribution in [1.29, 1.82) is 0 Å². The minimum Gasteiger partial charge on any atom is -0.465 e. The van der Waals surface area contributed by atoms with E-state index in [1.807, 2.05) is 17.5 Å². The Bertz CT molecular complexity index is 853. The van der Waals surface area contributed by atoms with Crippen LogP contribution in [0.1, 0.15) is 38.5 Å². The number of ether oxygens (including phenoxy) is 1. The van der Waals surface area contributed by atoms with Gasteiger partial charge in [-0.3, -0.25) is 10.1 Å². The summed E-state index contributed by atoms with van der Waals surface area (Å²) >= 11 is 8.28. The number of nitrogens with one attached hydrogen (secondary N) is 2. The summed E-state index contributed by atoms with van der Waals surface area (Å²) in [7, 11) is 1.37. The fourth-order valence-electron chi connectivity index (χ4n) is 2.80. The molecule has 2 N–H and O–H groups in total. The number of carbonyl (C=O) groups excluding carboxylic acids is 2. The molecule has 0 aliphatic heterocycles. The molecule has 0 atom stereocenters. The fourth-order valence-corrected chi connectivity index (χ4v) is 4.97. The van der Waals surface area contributed by atoms with Crippen LogP contribution in [0.3, 0.4) is 0 Å². The Morgan fingerprint density at radius 1 is 1.31 bits per heavy atom. The number of amides is 1. The third kappa shape index (κ3) is 4.38. The van der Waals surface area contributed by atoms with E-state index in [1.165, 1.54) is 29.4 Å². The Balaban J connectivity index is 1.70. The Labute approximate surface area is 165 Å². The van der Waals surface area contributed by atoms with Gasteiger partial charge in [0.2, 0.25) is 5.91 Å². The molecule has 2 aromatic rings. The number of hydrogen-bond acceptors (Lipinski definition) is 6. The molecule has 2 aromatic heterocycles. The Morgan fingerprint density at radius 2 is 2.12 bits per heavy atom. The van der Waals surface area contributed by atoms with Gasteiger partial charge in [0.15, 0.2) is 5.11 Å². The largest absolute Gasteiger partial charge is 0.465 e. The minimum absolute atomic E-state index is 0.162. The van der Waals surface area contributed by atoms with Crippen molar-refractivity contribution in [3.8, 4) is 0 Å². The number of aryl methyl sites for hydroxylation is 1. The number of methoxy groups -OCH3 is 1. The van der Waals surface area contributed by atoms with E-state index in [4.69, 9.17) is 17.0 Å². The zero-order chi connectivity index (χ0) is 18.5. The first-order chi connectivity index (χ1) is 12.6. The second kappa shape index (κ2) is 8.57. The Kier molecular flexibility index (Phi) is 6.18. The molecule has 0 unspecified atom stereocenters. The summed E-state index contributed by atoms with van der Waals surface area (Å²) < 4.78 is 4.93. The molecule has 0 spiro atoms. The van der Waals surface area contributed by atoms with Crippen LogP contribution in [0.5, 0.6) is 0 Å². The molecule has 1 aliphatic carbocycles. The molecule has 0 saturated heterocycles. The van der Waals surface area contributed by atoms with Gasteiger partial charge in [0, 0.05) is 15.8 Å². The van der Waals surface area contributed by atoms with Crippen LogP contribution in [-0.2, 0) is 22.4 Å². The number of rotatable bonds is 4. The van der Waals surface area contributed by atoms with Gasteiger partial charge < -0.3 is 10.1 Å². The lowest BCUT2D eigenvalue weighted by molar-refractivity contribution is -0.115. The minimum atomic E-state index is -0.376. The zero-order valence-corrected chi connectivity index (χ0v) is 16.6. The van der Waals surface area contributed by atoms with E-state index in [-0.39, 0.29) is 17.0 Å². The summed E-state index contributed by atoms with van der Waals surface area (Å²) in [6.07, 6.45) is 7.14. The summed E-state index contributed by atoms with van der Waals surface area (Å²) in [5.41, 5.74) is 1.58. The molecule has 26 heavy (non-hydrogen) atoms. The highest BCUT2D eigenvalue weighted by atomic mass is 32.1. The molecular formula is C18H18N2O3S3. The summed E-state index contributed by atoms with van der Waals surface area (Å²) in [6.45, 7) is 0. The van der Waals surface area contributed by atoms with Gasteiger partial charge in [-0.2, -0.15) is 0 Å². The molecule has 0 bridgehead atoms. The smallest absolute Gasteiger partial charge is 0.341 e. The number of esters is 1. The fraction of sp³-hybridized carbons (Fsp3) is 0.278. The van der Waals surface area contributed by atoms with E-state index in [9.17, 15) is 9.59 Å². The Hall–Kier alpha value is -2.03. The molecule has 2 heterocycles. The molecule has 1 amide bonds. The molecule has 0 radical (unpaired) electrons. The average molecular weight is 407 g/mol. The number of anilines is 1. The van der Waals surface area contributed by atoms with Gasteiger partial charge in [0.1, 0.15) is 5.00 Å². The van der Waals surface area contributed by atoms with Gasteiger partial charge in [0.25, 0.3) is 0 Å². The van der Waals surface area contributed by atoms with Crippen molar-refractivity contribution in [2.75, 3.05) is 12.4 Å². The van der Waals surface area contributed by atoms with Crippen LogP contribution in [0, 0.1) is 0 Å². The van der Waals surface area contributed by atoms with Gasteiger partial charge in [0.05, 0.1) is 12.7 Å². The van der Waals surface area contributed by atoms with E-state index >= 15 is 0 Å². The zero-order valence-electron chi connectivity index (χ0n) is 14.2. The molecule has 3 rings (SSSR count). The maximum atomic E-state index is 12.2. The second-order valence-corrected chi connectivity index (χ2v) is 8.19. The van der Waals surface area contributed by atoms with Gasteiger partial charge >= 0.3 is 5.97 Å². The number of hydrogen-bond donors (Lipinski definition) is 2. The van der Waals surface area contributed by atoms with Crippen LogP contribution >= 0.6 is 34.9 Å². The Morgan fingerprint density at radius 3 is 2.85 bits per heavy atom. The molecular weight excluding hydrogens is 388 g/mol. The number of carbonyl (C=O) groups is 2. The predicted octanol–water partition coefficient (Wildman–Crippen LogP) is 4.00. The quantitative estimate of drug-likeness (QED) is 0.456. The monoisotopic (exact) mass is 406 g/mol. The maximum absolute atomic E-state index is 12.2. The topological polar surface area (TPSA) is 67.4 Å². The SMILES string of the molecule is COC(=O)c1c(NC(=S)NC(=O)/C=C/c2cccs2)sc2c1CCCC2. The third-order valence-corrected chi connectivity index (χ3v) is 6.22. The standard InChI is InChI=1S/C18H18N2O3S3/c1-23-17(22)15-12-6-2-3-7-13(12)26-16(15)20-18(24)19-14(21)9-8-11-5-4-10-25-11/h4-5,8-10H,2-3,6-7H2,1H3,(H2,19,20,21,24)/b9-8+. The first-order valence-electron chi connectivity index (χ1n) is 8.15. The van der Waals surface area contributed by atoms with E-state index < -0.39 is 0 Å². The predicted molar refractivity (Wildman–Crippen MR) is 110 cm³/mol. The van der Waals surface area contributed by atoms with Crippen molar-refractivity contribution in [2.24, 2.45) is 0 Å². The highest BCUT2D eigenvalue weighted by Gasteiger charge is 2.26. The molecule has 5 nitrogen and oxygen atoms in total. The summed E-state index contributed by atoms with van der Waals surface area (Å²) in [6, 6.07) is 3.84. The van der Waals surface area contributed by atoms with Crippen molar-refractivity contribution in [3.63, 3.8) is 0 Å². The van der Waals surface area contributed by atoms with Crippen LogP contribution in [0.15, 0.2) is 23.6 Å². The van der Waals surface area contributed by atoms with Crippen molar-refractivity contribution in [2.45, 2.75) is 25.7 Å². The highest BCUT2D eigenvalue weighted by molar-refractivity contribution is 7.80. The molecule has 136 valence electrons. The molecule has 0 saturated carbocycles. The van der Waals surface area contributed by atoms with Crippen LogP contribution in [0.2, 0.25) is 0 Å². The van der Waals surface area contributed by atoms with E-state index in [1.54, 1.807) is 17.4 Å². The van der Waals surface area contributed by atoms with Gasteiger partial charge in [-0.15, -0.1) is 22.7 Å². The van der Waals surface area contributed by atoms with Crippen molar-refractivity contribution < 1.29 is 14.3 Å². The third-order valence-electron chi connectivity index (χ3n) is 3.97. The summed E-state index contributed by atoms with van der Waals surface area (Å²) in [5, 5.41) is 8.34. The molecule has 8 heteroatoms. The van der Waals surface area contributed by atoms with Crippen molar-refractivity contribution in [1.82, 2.24) is 5.32 Å². The molecule has 0 fully saturated rings. The first-order valence-corrected chi connectivity index (χ1v) is 10.3. The van der Waals surface area contributed by atoms with Crippen LogP contribution in [-0.4, -0.2) is 24.1 Å². The van der Waals surface area contributed by atoms with Crippen molar-refractivity contribution in [3.05, 3.63) is 44.5 Å². The number of thiophene rings is 2. The maximum Gasteiger partial charge on any atom is 0.341 e. The highest BCUT2D eigenvalue weighted by Crippen LogP contribution is 2.38. The second-order valence-electron chi connectivity index (χ2n) is 5.70. The molecule has 1 aliphatic rings. The van der Waals surface area contributed by atoms with Gasteiger partial charge in [-0.1, -0.05) is 6.07 Å². The van der Waals surface area contributed by atoms with Crippen LogP contribution < -0.4 is 10.6 Å². The normalized spacial score (nSPS) is 13.3.